The van der Waals surface area contributed by atoms with Gasteiger partial charge in [-0.2, -0.15) is 11.8 Å². The van der Waals surface area contributed by atoms with Gasteiger partial charge in [0.1, 0.15) is 0 Å². The van der Waals surface area contributed by atoms with Crippen molar-refractivity contribution in [1.29, 1.82) is 0 Å². The van der Waals surface area contributed by atoms with Crippen LogP contribution in [0.15, 0.2) is 11.0 Å². The van der Waals surface area contributed by atoms with Crippen LogP contribution in [-0.2, 0) is 16.6 Å². The largest absolute Gasteiger partial charge is 0.315 e. The summed E-state index contributed by atoms with van der Waals surface area (Å²) in [6.07, 6.45) is 0.851. The number of rotatable bonds is 9. The number of nitrogens with one attached hydrogen (secondary N) is 2. The van der Waals surface area contributed by atoms with Crippen LogP contribution in [0.1, 0.15) is 30.0 Å². The minimum atomic E-state index is -3.40. The first-order valence-corrected chi connectivity index (χ1v) is 10.2. The summed E-state index contributed by atoms with van der Waals surface area (Å²) in [5.41, 5.74) is 0. The molecule has 0 fully saturated rings. The first-order chi connectivity index (χ1) is 9.40. The van der Waals surface area contributed by atoms with Gasteiger partial charge >= 0.3 is 0 Å². The number of hydrogen-bond acceptors (Lipinski definition) is 5. The van der Waals surface area contributed by atoms with Crippen LogP contribution in [0.4, 0.5) is 0 Å². The van der Waals surface area contributed by atoms with Gasteiger partial charge in [0.15, 0.2) is 0 Å². The fraction of sp³-hybridized carbons (Fsp3) is 0.692. The summed E-state index contributed by atoms with van der Waals surface area (Å²) < 4.78 is 27.5. The maximum atomic E-state index is 12.4. The van der Waals surface area contributed by atoms with E-state index in [9.17, 15) is 8.42 Å². The molecule has 0 amide bonds. The Hall–Kier alpha value is -0.0800. The van der Waals surface area contributed by atoms with Crippen molar-refractivity contribution >= 4 is 33.1 Å². The van der Waals surface area contributed by atoms with Crippen molar-refractivity contribution < 1.29 is 8.42 Å². The summed E-state index contributed by atoms with van der Waals surface area (Å²) in [6, 6.07) is 1.73. The Morgan fingerprint density at radius 2 is 2.15 bits per heavy atom. The molecule has 1 aromatic heterocycles. The molecule has 0 aliphatic carbocycles. The summed E-state index contributed by atoms with van der Waals surface area (Å²) in [6.45, 7) is 6.58. The van der Waals surface area contributed by atoms with Crippen LogP contribution >= 0.6 is 23.1 Å². The van der Waals surface area contributed by atoms with E-state index in [-0.39, 0.29) is 6.04 Å². The van der Waals surface area contributed by atoms with Crippen molar-refractivity contribution in [2.45, 2.75) is 44.7 Å². The molecule has 0 aliphatic heterocycles. The molecule has 2 N–H and O–H groups in total. The molecule has 0 aliphatic rings. The van der Waals surface area contributed by atoms with Gasteiger partial charge in [0.2, 0.25) is 10.0 Å². The van der Waals surface area contributed by atoms with Gasteiger partial charge < -0.3 is 5.32 Å². The Morgan fingerprint density at radius 1 is 1.45 bits per heavy atom. The summed E-state index contributed by atoms with van der Waals surface area (Å²) in [5, 5.41) is 3.04. The second-order valence-electron chi connectivity index (χ2n) is 4.67. The molecule has 0 radical (unpaired) electrons. The molecule has 0 aromatic carbocycles. The fourth-order valence-corrected chi connectivity index (χ4v) is 5.58. The lowest BCUT2D eigenvalue weighted by molar-refractivity contribution is 0.557. The van der Waals surface area contributed by atoms with E-state index in [1.165, 1.54) is 11.3 Å². The highest BCUT2D eigenvalue weighted by Gasteiger charge is 2.21. The lowest BCUT2D eigenvalue weighted by atomic mass is 10.3. The Labute approximate surface area is 130 Å². The van der Waals surface area contributed by atoms with E-state index in [0.717, 1.165) is 27.7 Å². The lowest BCUT2D eigenvalue weighted by Gasteiger charge is -2.13. The highest BCUT2D eigenvalue weighted by atomic mass is 32.2. The quantitative estimate of drug-likeness (QED) is 0.681. The molecule has 1 atom stereocenters. The molecule has 0 saturated carbocycles. The van der Waals surface area contributed by atoms with Gasteiger partial charge in [0.05, 0.1) is 4.90 Å². The van der Waals surface area contributed by atoms with E-state index < -0.39 is 10.0 Å². The molecule has 0 spiro atoms. The van der Waals surface area contributed by atoms with E-state index in [1.54, 1.807) is 6.07 Å². The third-order valence-electron chi connectivity index (χ3n) is 2.82. The molecule has 116 valence electrons. The zero-order valence-electron chi connectivity index (χ0n) is 12.5. The number of thioether (sulfide) groups is 1. The normalized spacial score (nSPS) is 13.6. The van der Waals surface area contributed by atoms with Gasteiger partial charge in [0, 0.05) is 22.3 Å². The summed E-state index contributed by atoms with van der Waals surface area (Å²) in [7, 11) is -1.55. The van der Waals surface area contributed by atoms with E-state index >= 15 is 0 Å². The van der Waals surface area contributed by atoms with E-state index in [4.69, 9.17) is 0 Å². The Morgan fingerprint density at radius 3 is 2.75 bits per heavy atom. The second kappa shape index (κ2) is 8.38. The van der Waals surface area contributed by atoms with Gasteiger partial charge in [-0.15, -0.1) is 11.3 Å². The lowest BCUT2D eigenvalue weighted by Crippen LogP contribution is -2.33. The summed E-state index contributed by atoms with van der Waals surface area (Å²) >= 11 is 3.36. The molecule has 1 heterocycles. The van der Waals surface area contributed by atoms with Crippen LogP contribution in [0.2, 0.25) is 0 Å². The standard InChI is InChI=1S/C13H24N2O2S3/c1-5-18-7-6-10(2)15-20(16,17)13-8-12(9-14-4)19-11(13)3/h8,10,14-15H,5-7,9H2,1-4H3. The number of sulfonamides is 1. The highest BCUT2D eigenvalue weighted by molar-refractivity contribution is 7.99. The minimum Gasteiger partial charge on any atom is -0.315 e. The fourth-order valence-electron chi connectivity index (χ4n) is 1.84. The topological polar surface area (TPSA) is 58.2 Å². The first kappa shape index (κ1) is 18.0. The van der Waals surface area contributed by atoms with E-state index in [2.05, 4.69) is 17.0 Å². The van der Waals surface area contributed by atoms with Gasteiger partial charge in [-0.05, 0) is 44.9 Å². The predicted octanol–water partition coefficient (Wildman–Crippen LogP) is 2.59. The van der Waals surface area contributed by atoms with Crippen LogP contribution in [0.25, 0.3) is 0 Å². The van der Waals surface area contributed by atoms with Gasteiger partial charge in [-0.3, -0.25) is 0 Å². The zero-order valence-corrected chi connectivity index (χ0v) is 15.0. The molecule has 4 nitrogen and oxygen atoms in total. The van der Waals surface area contributed by atoms with E-state index in [0.29, 0.717) is 11.4 Å². The van der Waals surface area contributed by atoms with Crippen LogP contribution in [0.3, 0.4) is 0 Å². The SMILES string of the molecule is CCSCCC(C)NS(=O)(=O)c1cc(CNC)sc1C. The smallest absolute Gasteiger partial charge is 0.241 e. The third-order valence-corrected chi connectivity index (χ3v) is 6.65. The molecule has 1 unspecified atom stereocenters. The molecular weight excluding hydrogens is 312 g/mol. The van der Waals surface area contributed by atoms with Crippen molar-refractivity contribution in [2.24, 2.45) is 0 Å². The maximum absolute atomic E-state index is 12.4. The van der Waals surface area contributed by atoms with Crippen molar-refractivity contribution in [3.05, 3.63) is 15.8 Å². The second-order valence-corrected chi connectivity index (χ2v) is 9.09. The Bertz CT molecular complexity index is 512. The van der Waals surface area contributed by atoms with Gasteiger partial charge in [-0.25, -0.2) is 13.1 Å². The van der Waals surface area contributed by atoms with E-state index in [1.807, 2.05) is 32.7 Å². The molecule has 0 bridgehead atoms. The molecule has 1 rings (SSSR count). The minimum absolute atomic E-state index is 0.0360. The van der Waals surface area contributed by atoms with Crippen LogP contribution in [0.5, 0.6) is 0 Å². The van der Waals surface area contributed by atoms with Crippen molar-refractivity contribution in [2.75, 3.05) is 18.6 Å². The van der Waals surface area contributed by atoms with Crippen molar-refractivity contribution in [3.8, 4) is 0 Å². The monoisotopic (exact) mass is 336 g/mol. The van der Waals surface area contributed by atoms with Gasteiger partial charge in [-0.1, -0.05) is 6.92 Å². The number of aryl methyl sites for hydroxylation is 1. The summed E-state index contributed by atoms with van der Waals surface area (Å²) in [4.78, 5) is 2.31. The molecule has 7 heteroatoms. The average molecular weight is 337 g/mol. The highest BCUT2D eigenvalue weighted by Crippen LogP contribution is 2.25. The molecule has 0 saturated heterocycles. The van der Waals surface area contributed by atoms with Gasteiger partial charge in [0.25, 0.3) is 0 Å². The Kier molecular flexibility index (Phi) is 7.53. The zero-order chi connectivity index (χ0) is 15.2. The van der Waals surface area contributed by atoms with Crippen LogP contribution < -0.4 is 10.0 Å². The molecule has 20 heavy (non-hydrogen) atoms. The van der Waals surface area contributed by atoms with Crippen LogP contribution in [-0.4, -0.2) is 33.0 Å². The average Bonchev–Trinajstić information content (AvgIpc) is 2.71. The third kappa shape index (κ3) is 5.37. The van der Waals surface area contributed by atoms with Crippen molar-refractivity contribution in [1.82, 2.24) is 10.0 Å². The van der Waals surface area contributed by atoms with Crippen molar-refractivity contribution in [3.63, 3.8) is 0 Å². The molecule has 1 aromatic rings. The van der Waals surface area contributed by atoms with Crippen LogP contribution in [0, 0.1) is 6.92 Å². The predicted molar refractivity (Wildman–Crippen MR) is 89.2 cm³/mol. The number of thiophene rings is 1. The maximum Gasteiger partial charge on any atom is 0.241 e. The number of hydrogen-bond donors (Lipinski definition) is 2. The first-order valence-electron chi connectivity index (χ1n) is 6.74. The molecular formula is C13H24N2O2S3. The summed E-state index contributed by atoms with van der Waals surface area (Å²) in [5.74, 6) is 2.05. The Balaban J connectivity index is 2.72.